The monoisotopic (exact) mass is 836 g/mol. The largest absolute Gasteiger partial charge is 0.466 e. The van der Waals surface area contributed by atoms with Gasteiger partial charge < -0.3 is 20.3 Å². The smallest absolute Gasteiger partial charge is 0.305 e. The van der Waals surface area contributed by atoms with E-state index in [0.717, 1.165) is 38.5 Å². The van der Waals surface area contributed by atoms with Gasteiger partial charge in [-0.3, -0.25) is 9.59 Å². The molecule has 0 fully saturated rings. The summed E-state index contributed by atoms with van der Waals surface area (Å²) in [4.78, 5) is 24.4. The molecule has 0 radical (unpaired) electrons. The van der Waals surface area contributed by atoms with Crippen LogP contribution in [0.25, 0.3) is 0 Å². The first-order valence-corrected chi connectivity index (χ1v) is 26.8. The van der Waals surface area contributed by atoms with Crippen molar-refractivity contribution < 1.29 is 24.5 Å². The summed E-state index contributed by atoms with van der Waals surface area (Å²) >= 11 is 0. The summed E-state index contributed by atoms with van der Waals surface area (Å²) in [5, 5.41) is 23.2. The number of aliphatic hydroxyl groups excluding tert-OH is 2. The highest BCUT2D eigenvalue weighted by molar-refractivity contribution is 5.76. The maximum absolute atomic E-state index is 12.4. The van der Waals surface area contributed by atoms with Gasteiger partial charge in [-0.05, 0) is 25.7 Å². The van der Waals surface area contributed by atoms with Crippen molar-refractivity contribution in [3.05, 3.63) is 0 Å². The van der Waals surface area contributed by atoms with Gasteiger partial charge in [0.25, 0.3) is 0 Å². The zero-order chi connectivity index (χ0) is 43.0. The predicted octanol–water partition coefficient (Wildman–Crippen LogP) is 16.0. The quantitative estimate of drug-likeness (QED) is 0.0419. The molecule has 0 aromatic carbocycles. The highest BCUT2D eigenvalue weighted by atomic mass is 16.5. The molecular formula is C53H105NO5. The molecule has 0 aliphatic carbocycles. The lowest BCUT2D eigenvalue weighted by Gasteiger charge is -2.22. The highest BCUT2D eigenvalue weighted by Crippen LogP contribution is 2.17. The Kier molecular flexibility index (Phi) is 48.6. The van der Waals surface area contributed by atoms with Crippen LogP contribution < -0.4 is 5.32 Å². The Labute approximate surface area is 368 Å². The second-order valence-corrected chi connectivity index (χ2v) is 18.6. The molecule has 0 saturated heterocycles. The van der Waals surface area contributed by atoms with Gasteiger partial charge >= 0.3 is 5.97 Å². The standard InChI is InChI=1S/C53H105NO5/c1-3-5-7-9-11-13-15-16-22-26-29-33-37-41-45-51(56)50(49-55)54-52(57)46-42-38-34-30-27-23-20-18-17-19-21-24-28-32-36-40-44-48-59-53(58)47-43-39-35-31-25-14-12-10-8-6-4-2/h50-51,55-56H,3-49H2,1-2H3,(H,54,57). The number of esters is 1. The third-order valence-corrected chi connectivity index (χ3v) is 12.7. The zero-order valence-electron chi connectivity index (χ0n) is 40.0. The molecule has 0 aromatic rings. The van der Waals surface area contributed by atoms with Gasteiger partial charge in [0.05, 0.1) is 25.4 Å². The molecule has 1 amide bonds. The van der Waals surface area contributed by atoms with Crippen molar-refractivity contribution in [2.45, 2.75) is 315 Å². The van der Waals surface area contributed by atoms with Gasteiger partial charge in [0, 0.05) is 12.8 Å². The van der Waals surface area contributed by atoms with Crippen LogP contribution in [-0.2, 0) is 14.3 Å². The van der Waals surface area contributed by atoms with Crippen molar-refractivity contribution in [2.75, 3.05) is 13.2 Å². The molecule has 0 bridgehead atoms. The predicted molar refractivity (Wildman–Crippen MR) is 255 cm³/mol. The summed E-state index contributed by atoms with van der Waals surface area (Å²) in [5.41, 5.74) is 0. The summed E-state index contributed by atoms with van der Waals surface area (Å²) in [7, 11) is 0. The van der Waals surface area contributed by atoms with Crippen LogP contribution in [0.2, 0.25) is 0 Å². The van der Waals surface area contributed by atoms with Crippen LogP contribution in [0.4, 0.5) is 0 Å². The second-order valence-electron chi connectivity index (χ2n) is 18.6. The van der Waals surface area contributed by atoms with Gasteiger partial charge in [-0.1, -0.05) is 264 Å². The molecule has 2 atom stereocenters. The van der Waals surface area contributed by atoms with E-state index in [-0.39, 0.29) is 18.5 Å². The van der Waals surface area contributed by atoms with Crippen LogP contribution in [0.3, 0.4) is 0 Å². The molecule has 352 valence electrons. The third-order valence-electron chi connectivity index (χ3n) is 12.7. The maximum atomic E-state index is 12.4. The number of hydrogen-bond acceptors (Lipinski definition) is 5. The SMILES string of the molecule is CCCCCCCCCCCCCCCCC(O)C(CO)NC(=O)CCCCCCCCCCCCCCCCCCCOC(=O)CCCCCCCCCCCCC. The normalized spacial score (nSPS) is 12.5. The Balaban J connectivity index is 3.41. The third kappa shape index (κ3) is 46.2. The topological polar surface area (TPSA) is 95.9 Å². The van der Waals surface area contributed by atoms with Crippen LogP contribution in [0.15, 0.2) is 0 Å². The molecule has 0 aromatic heterocycles. The molecule has 0 saturated carbocycles. The number of unbranched alkanes of at least 4 members (excludes halogenated alkanes) is 39. The molecule has 2 unspecified atom stereocenters. The van der Waals surface area contributed by atoms with Gasteiger partial charge in [0.15, 0.2) is 0 Å². The Morgan fingerprint density at radius 1 is 0.407 bits per heavy atom. The lowest BCUT2D eigenvalue weighted by molar-refractivity contribution is -0.143. The van der Waals surface area contributed by atoms with Gasteiger partial charge in [-0.2, -0.15) is 0 Å². The van der Waals surface area contributed by atoms with Gasteiger partial charge in [-0.15, -0.1) is 0 Å². The number of amides is 1. The van der Waals surface area contributed by atoms with Crippen LogP contribution in [0.1, 0.15) is 303 Å². The van der Waals surface area contributed by atoms with Crippen LogP contribution in [0.5, 0.6) is 0 Å². The molecule has 0 rings (SSSR count). The Hall–Kier alpha value is -1.14. The van der Waals surface area contributed by atoms with Crippen LogP contribution >= 0.6 is 0 Å². The molecule has 0 aliphatic rings. The minimum atomic E-state index is -0.665. The fraction of sp³-hybridized carbons (Fsp3) is 0.962. The Morgan fingerprint density at radius 3 is 1.03 bits per heavy atom. The fourth-order valence-corrected chi connectivity index (χ4v) is 8.52. The molecule has 6 heteroatoms. The van der Waals surface area contributed by atoms with Crippen molar-refractivity contribution in [3.63, 3.8) is 0 Å². The van der Waals surface area contributed by atoms with Crippen molar-refractivity contribution in [2.24, 2.45) is 0 Å². The summed E-state index contributed by atoms with van der Waals surface area (Å²) in [6, 6.07) is -0.543. The molecule has 0 aliphatic heterocycles. The summed E-state index contributed by atoms with van der Waals surface area (Å²) in [6.45, 7) is 4.95. The van der Waals surface area contributed by atoms with E-state index >= 15 is 0 Å². The van der Waals surface area contributed by atoms with E-state index in [9.17, 15) is 19.8 Å². The number of carbonyl (C=O) groups is 2. The number of hydrogen-bond donors (Lipinski definition) is 3. The van der Waals surface area contributed by atoms with Gasteiger partial charge in [-0.25, -0.2) is 0 Å². The maximum Gasteiger partial charge on any atom is 0.305 e. The summed E-state index contributed by atoms with van der Waals surface area (Å²) in [6.07, 6.45) is 55.0. The molecular weight excluding hydrogens is 731 g/mol. The van der Waals surface area contributed by atoms with E-state index in [1.54, 1.807) is 0 Å². The first-order valence-electron chi connectivity index (χ1n) is 26.8. The number of ether oxygens (including phenoxy) is 1. The van der Waals surface area contributed by atoms with Crippen molar-refractivity contribution in [3.8, 4) is 0 Å². The van der Waals surface area contributed by atoms with E-state index in [1.807, 2.05) is 0 Å². The zero-order valence-corrected chi connectivity index (χ0v) is 40.0. The lowest BCUT2D eigenvalue weighted by Crippen LogP contribution is -2.45. The van der Waals surface area contributed by atoms with Crippen LogP contribution in [0, 0.1) is 0 Å². The lowest BCUT2D eigenvalue weighted by atomic mass is 10.0. The minimum Gasteiger partial charge on any atom is -0.466 e. The average Bonchev–Trinajstić information content (AvgIpc) is 3.24. The number of aliphatic hydroxyl groups is 2. The van der Waals surface area contributed by atoms with E-state index in [4.69, 9.17) is 4.74 Å². The minimum absolute atomic E-state index is 0.00564. The van der Waals surface area contributed by atoms with Crippen molar-refractivity contribution in [1.29, 1.82) is 0 Å². The van der Waals surface area contributed by atoms with E-state index in [1.165, 1.54) is 231 Å². The first kappa shape index (κ1) is 57.9. The second kappa shape index (κ2) is 49.5. The van der Waals surface area contributed by atoms with Crippen molar-refractivity contribution in [1.82, 2.24) is 5.32 Å². The number of nitrogens with one attached hydrogen (secondary N) is 1. The van der Waals surface area contributed by atoms with Crippen molar-refractivity contribution >= 4 is 11.9 Å². The molecule has 59 heavy (non-hydrogen) atoms. The van der Waals surface area contributed by atoms with Gasteiger partial charge in [0.1, 0.15) is 0 Å². The van der Waals surface area contributed by atoms with E-state index in [0.29, 0.717) is 25.9 Å². The summed E-state index contributed by atoms with van der Waals surface area (Å²) in [5.74, 6) is -0.0328. The Bertz CT molecular complexity index is 837. The fourth-order valence-electron chi connectivity index (χ4n) is 8.52. The highest BCUT2D eigenvalue weighted by Gasteiger charge is 2.20. The van der Waals surface area contributed by atoms with Gasteiger partial charge in [0.2, 0.25) is 5.91 Å². The molecule has 0 spiro atoms. The first-order chi connectivity index (χ1) is 29.0. The number of rotatable bonds is 50. The molecule has 6 nitrogen and oxygen atoms in total. The summed E-state index contributed by atoms with van der Waals surface area (Å²) < 4.78 is 5.45. The van der Waals surface area contributed by atoms with Crippen LogP contribution in [-0.4, -0.2) is 47.4 Å². The van der Waals surface area contributed by atoms with E-state index in [2.05, 4.69) is 19.2 Å². The number of carbonyl (C=O) groups excluding carboxylic acids is 2. The van der Waals surface area contributed by atoms with E-state index < -0.39 is 12.1 Å². The molecule has 3 N–H and O–H groups in total. The Morgan fingerprint density at radius 2 is 0.695 bits per heavy atom. The molecule has 0 heterocycles. The average molecular weight is 836 g/mol.